The molecular weight excluding hydrogens is 262 g/mol. The molecule has 0 unspecified atom stereocenters. The zero-order chi connectivity index (χ0) is 15.2. The first kappa shape index (κ1) is 15.1. The number of ether oxygens (including phenoxy) is 2. The average molecular weight is 285 g/mol. The van der Waals surface area contributed by atoms with Crippen LogP contribution in [0.3, 0.4) is 0 Å². The summed E-state index contributed by atoms with van der Waals surface area (Å²) in [6.07, 6.45) is -0.653. The molecule has 1 aliphatic carbocycles. The number of carbonyl (C=O) groups is 2. The lowest BCUT2D eigenvalue weighted by Crippen LogP contribution is -2.55. The van der Waals surface area contributed by atoms with Crippen LogP contribution in [0.1, 0.15) is 34.1 Å². The number of likely N-dealkylation sites (tertiary alicyclic amines) is 1. The van der Waals surface area contributed by atoms with Crippen LogP contribution in [0.15, 0.2) is 0 Å². The van der Waals surface area contributed by atoms with Crippen molar-refractivity contribution in [3.8, 4) is 0 Å². The van der Waals surface area contributed by atoms with Gasteiger partial charge in [0.1, 0.15) is 11.6 Å². The van der Waals surface area contributed by atoms with Gasteiger partial charge in [0, 0.05) is 0 Å². The van der Waals surface area contributed by atoms with Crippen molar-refractivity contribution in [2.24, 2.45) is 11.8 Å². The molecule has 0 aromatic heterocycles. The van der Waals surface area contributed by atoms with Crippen molar-refractivity contribution in [2.45, 2.75) is 57.9 Å². The maximum Gasteiger partial charge on any atom is 0.411 e. The molecule has 2 fully saturated rings. The van der Waals surface area contributed by atoms with Crippen LogP contribution < -0.4 is 0 Å². The molecule has 20 heavy (non-hydrogen) atoms. The Bertz CT molecular complexity index is 416. The number of esters is 1. The number of carbonyl (C=O) groups excluding carboxylic acids is 2. The Hall–Kier alpha value is -1.30. The predicted octanol–water partition coefficient (Wildman–Crippen LogP) is 1.16. The second-order valence-electron chi connectivity index (χ2n) is 6.67. The third-order valence-electron chi connectivity index (χ3n) is 4.20. The lowest BCUT2D eigenvalue weighted by molar-refractivity contribution is -0.149. The van der Waals surface area contributed by atoms with Crippen molar-refractivity contribution in [1.29, 1.82) is 0 Å². The first-order chi connectivity index (χ1) is 9.17. The summed E-state index contributed by atoms with van der Waals surface area (Å²) in [6.45, 7) is 7.26. The Labute approximate surface area is 119 Å². The molecule has 5 atom stereocenters. The minimum Gasteiger partial charge on any atom is -0.467 e. The molecule has 1 amide bonds. The van der Waals surface area contributed by atoms with Gasteiger partial charge < -0.3 is 14.6 Å². The Morgan fingerprint density at radius 1 is 1.30 bits per heavy atom. The molecule has 0 aromatic rings. The van der Waals surface area contributed by atoms with E-state index in [9.17, 15) is 14.7 Å². The largest absolute Gasteiger partial charge is 0.467 e. The van der Waals surface area contributed by atoms with Gasteiger partial charge in [0.15, 0.2) is 0 Å². The van der Waals surface area contributed by atoms with E-state index in [2.05, 4.69) is 0 Å². The monoisotopic (exact) mass is 285 g/mol. The summed E-state index contributed by atoms with van der Waals surface area (Å²) < 4.78 is 10.2. The number of aliphatic hydroxyl groups excluding tert-OH is 1. The predicted molar refractivity (Wildman–Crippen MR) is 70.9 cm³/mol. The molecule has 1 heterocycles. The summed E-state index contributed by atoms with van der Waals surface area (Å²) in [4.78, 5) is 25.7. The topological polar surface area (TPSA) is 76.1 Å². The molecule has 1 aliphatic heterocycles. The molecule has 2 bridgehead atoms. The van der Waals surface area contributed by atoms with Crippen molar-refractivity contribution in [3.63, 3.8) is 0 Å². The Balaban J connectivity index is 2.27. The number of hydrogen-bond acceptors (Lipinski definition) is 5. The van der Waals surface area contributed by atoms with Crippen molar-refractivity contribution in [1.82, 2.24) is 4.90 Å². The van der Waals surface area contributed by atoms with Crippen LogP contribution in [0, 0.1) is 11.8 Å². The van der Waals surface area contributed by atoms with Gasteiger partial charge in [-0.25, -0.2) is 9.59 Å². The molecule has 1 saturated carbocycles. The summed E-state index contributed by atoms with van der Waals surface area (Å²) in [7, 11) is 1.31. The van der Waals surface area contributed by atoms with Crippen LogP contribution in [-0.4, -0.2) is 53.0 Å². The number of amides is 1. The highest BCUT2D eigenvalue weighted by molar-refractivity contribution is 5.83. The van der Waals surface area contributed by atoms with Crippen LogP contribution in [0.2, 0.25) is 0 Å². The van der Waals surface area contributed by atoms with Crippen molar-refractivity contribution in [2.75, 3.05) is 7.11 Å². The fraction of sp³-hybridized carbons (Fsp3) is 0.857. The van der Waals surface area contributed by atoms with E-state index in [0.717, 1.165) is 0 Å². The summed E-state index contributed by atoms with van der Waals surface area (Å²) in [5.41, 5.74) is -0.645. The van der Waals surface area contributed by atoms with Gasteiger partial charge in [-0.1, -0.05) is 6.92 Å². The molecule has 0 radical (unpaired) electrons. The second-order valence-corrected chi connectivity index (χ2v) is 6.67. The summed E-state index contributed by atoms with van der Waals surface area (Å²) in [5, 5.41) is 10.1. The second kappa shape index (κ2) is 4.91. The van der Waals surface area contributed by atoms with Crippen LogP contribution in [-0.2, 0) is 14.3 Å². The first-order valence-corrected chi connectivity index (χ1v) is 6.94. The number of fused-ring (bicyclic) bond motifs is 2. The molecule has 2 rings (SSSR count). The number of rotatable bonds is 1. The molecule has 6 heteroatoms. The Kier molecular flexibility index (Phi) is 3.71. The van der Waals surface area contributed by atoms with E-state index < -0.39 is 29.8 Å². The van der Waals surface area contributed by atoms with Crippen LogP contribution in [0.4, 0.5) is 4.79 Å². The van der Waals surface area contributed by atoms with Crippen LogP contribution in [0.5, 0.6) is 0 Å². The molecule has 0 spiro atoms. The molecule has 1 N–H and O–H groups in total. The zero-order valence-electron chi connectivity index (χ0n) is 12.6. The molecule has 114 valence electrons. The van der Waals surface area contributed by atoms with Crippen molar-refractivity contribution >= 4 is 12.1 Å². The summed E-state index contributed by atoms with van der Waals surface area (Å²) >= 11 is 0. The number of hydrogen-bond donors (Lipinski definition) is 1. The Morgan fingerprint density at radius 2 is 1.90 bits per heavy atom. The first-order valence-electron chi connectivity index (χ1n) is 6.94. The number of piperidine rings is 1. The smallest absolute Gasteiger partial charge is 0.411 e. The van der Waals surface area contributed by atoms with Gasteiger partial charge in [0.05, 0.1) is 19.3 Å². The standard InChI is InChI=1S/C14H23NO5/c1-7-8-6-9(16)10(7)15(11(8)12(17)19-5)13(18)20-14(2,3)4/h7-11,16H,6H2,1-5H3/t7-,8+,9+,10+,11+/m0/s1. The fourth-order valence-electron chi connectivity index (χ4n) is 3.44. The van der Waals surface area contributed by atoms with Gasteiger partial charge in [0.2, 0.25) is 0 Å². The van der Waals surface area contributed by atoms with Gasteiger partial charge in [0.25, 0.3) is 0 Å². The maximum absolute atomic E-state index is 12.4. The van der Waals surface area contributed by atoms with Crippen LogP contribution in [0.25, 0.3) is 0 Å². The lowest BCUT2D eigenvalue weighted by Gasteiger charge is -2.36. The fourth-order valence-corrected chi connectivity index (χ4v) is 3.44. The highest BCUT2D eigenvalue weighted by atomic mass is 16.6. The highest BCUT2D eigenvalue weighted by Gasteiger charge is 2.61. The summed E-state index contributed by atoms with van der Waals surface area (Å²) in [5.74, 6) is -0.460. The van der Waals surface area contributed by atoms with Gasteiger partial charge in [-0.3, -0.25) is 4.90 Å². The zero-order valence-corrected chi connectivity index (χ0v) is 12.6. The van der Waals surface area contributed by atoms with Gasteiger partial charge in [-0.2, -0.15) is 0 Å². The number of nitrogens with zero attached hydrogens (tertiary/aromatic N) is 1. The van der Waals surface area contributed by atoms with Crippen LogP contribution >= 0.6 is 0 Å². The van der Waals surface area contributed by atoms with Gasteiger partial charge >= 0.3 is 12.1 Å². The SMILES string of the molecule is COC(=O)[C@H]1[C@@H]2C[C@@H](O)[C@@H]([C@H]2C)N1C(=O)OC(C)(C)C. The quantitative estimate of drug-likeness (QED) is 0.732. The lowest BCUT2D eigenvalue weighted by atomic mass is 9.93. The van der Waals surface area contributed by atoms with E-state index in [0.29, 0.717) is 6.42 Å². The molecule has 1 saturated heterocycles. The average Bonchev–Trinajstić information content (AvgIpc) is 2.75. The van der Waals surface area contributed by atoms with Gasteiger partial charge in [-0.05, 0) is 39.0 Å². The third kappa shape index (κ3) is 2.37. The minimum atomic E-state index is -0.654. The maximum atomic E-state index is 12.4. The van der Waals surface area contributed by atoms with E-state index in [1.807, 2.05) is 6.92 Å². The minimum absolute atomic E-state index is 0.0571. The van der Waals surface area contributed by atoms with Gasteiger partial charge in [-0.15, -0.1) is 0 Å². The van der Waals surface area contributed by atoms with E-state index in [1.165, 1.54) is 12.0 Å². The molecule has 0 aromatic carbocycles. The van der Waals surface area contributed by atoms with E-state index >= 15 is 0 Å². The molecule has 2 aliphatic rings. The van der Waals surface area contributed by atoms with E-state index in [4.69, 9.17) is 9.47 Å². The molecule has 6 nitrogen and oxygen atoms in total. The molecular formula is C14H23NO5. The van der Waals surface area contributed by atoms with E-state index in [1.54, 1.807) is 20.8 Å². The highest BCUT2D eigenvalue weighted by Crippen LogP contribution is 2.47. The summed E-state index contributed by atoms with van der Waals surface area (Å²) in [6, 6.07) is -1.03. The normalized spacial score (nSPS) is 36.1. The Morgan fingerprint density at radius 3 is 2.40 bits per heavy atom. The van der Waals surface area contributed by atoms with E-state index in [-0.39, 0.29) is 17.9 Å². The third-order valence-corrected chi connectivity index (χ3v) is 4.20. The van der Waals surface area contributed by atoms with Crippen molar-refractivity contribution in [3.05, 3.63) is 0 Å². The van der Waals surface area contributed by atoms with Crippen molar-refractivity contribution < 1.29 is 24.2 Å². The number of aliphatic hydroxyl groups is 1. The number of methoxy groups -OCH3 is 1.